The minimum Gasteiger partial charge on any atom is -0.352 e. The molecule has 1 aromatic heterocycles. The van der Waals surface area contributed by atoms with Gasteiger partial charge in [0.05, 0.1) is 5.69 Å². The lowest BCUT2D eigenvalue weighted by atomic mass is 9.65. The van der Waals surface area contributed by atoms with Gasteiger partial charge >= 0.3 is 0 Å². The third kappa shape index (κ3) is 2.86. The molecule has 130 valence electrons. The minimum atomic E-state index is 0.116. The first-order valence-corrected chi connectivity index (χ1v) is 8.71. The molecule has 1 fully saturated rings. The van der Waals surface area contributed by atoms with Crippen molar-refractivity contribution >= 4 is 5.96 Å². The molecule has 1 aromatic rings. The van der Waals surface area contributed by atoms with E-state index < -0.39 is 0 Å². The van der Waals surface area contributed by atoms with Gasteiger partial charge in [-0.25, -0.2) is 0 Å². The van der Waals surface area contributed by atoms with Gasteiger partial charge in [-0.3, -0.25) is 9.67 Å². The summed E-state index contributed by atoms with van der Waals surface area (Å²) in [5.74, 6) is 0.988. The lowest BCUT2D eigenvalue weighted by Crippen LogP contribution is -2.72. The van der Waals surface area contributed by atoms with Gasteiger partial charge in [0.15, 0.2) is 5.96 Å². The Kier molecular flexibility index (Phi) is 4.79. The minimum absolute atomic E-state index is 0.116. The van der Waals surface area contributed by atoms with Gasteiger partial charge in [-0.05, 0) is 26.7 Å². The number of aromatic nitrogens is 2. The molecule has 2 rings (SSSR count). The third-order valence-corrected chi connectivity index (χ3v) is 5.80. The molecular weight excluding hydrogens is 286 g/mol. The van der Waals surface area contributed by atoms with Gasteiger partial charge in [-0.1, -0.05) is 27.7 Å². The Balaban J connectivity index is 2.15. The molecule has 23 heavy (non-hydrogen) atoms. The molecule has 0 radical (unpaired) electrons. The Bertz CT molecular complexity index is 595. The highest BCUT2D eigenvalue weighted by molar-refractivity contribution is 5.82. The summed E-state index contributed by atoms with van der Waals surface area (Å²) < 4.78 is 2.02. The van der Waals surface area contributed by atoms with E-state index in [0.29, 0.717) is 5.41 Å². The predicted octanol–water partition coefficient (Wildman–Crippen LogP) is 2.74. The van der Waals surface area contributed by atoms with Crippen LogP contribution in [0.15, 0.2) is 4.99 Å². The zero-order chi connectivity index (χ0) is 17.4. The third-order valence-electron chi connectivity index (χ3n) is 5.80. The van der Waals surface area contributed by atoms with Gasteiger partial charge in [-0.15, -0.1) is 0 Å². The first-order valence-electron chi connectivity index (χ1n) is 8.71. The number of likely N-dealkylation sites (tertiary alicyclic amines) is 1. The Morgan fingerprint density at radius 1 is 1.22 bits per heavy atom. The zero-order valence-electron chi connectivity index (χ0n) is 16.1. The van der Waals surface area contributed by atoms with Crippen molar-refractivity contribution in [1.29, 1.82) is 0 Å². The molecule has 1 saturated heterocycles. The maximum absolute atomic E-state index is 4.66. The van der Waals surface area contributed by atoms with E-state index in [9.17, 15) is 0 Å². The predicted molar refractivity (Wildman–Crippen MR) is 96.7 cm³/mol. The molecule has 1 N–H and O–H groups in total. The number of hydrogen-bond donors (Lipinski definition) is 1. The summed E-state index contributed by atoms with van der Waals surface area (Å²) in [6.45, 7) is 15.4. The molecule has 5 heteroatoms. The normalized spacial score (nSPS) is 19.7. The lowest BCUT2D eigenvalue weighted by molar-refractivity contribution is -0.0668. The van der Waals surface area contributed by atoms with Crippen LogP contribution in [0, 0.1) is 5.41 Å². The number of hydrogen-bond acceptors (Lipinski definition) is 2. The van der Waals surface area contributed by atoms with Gasteiger partial charge in [-0.2, -0.15) is 5.10 Å². The molecule has 2 heterocycles. The smallest absolute Gasteiger partial charge is 0.194 e. The summed E-state index contributed by atoms with van der Waals surface area (Å²) in [6.07, 6.45) is 1.97. The van der Waals surface area contributed by atoms with Crippen molar-refractivity contribution in [1.82, 2.24) is 20.0 Å². The van der Waals surface area contributed by atoms with Crippen molar-refractivity contribution in [2.75, 3.05) is 13.6 Å². The topological polar surface area (TPSA) is 45.5 Å². The number of nitrogens with one attached hydrogen (secondary N) is 1. The second-order valence-corrected chi connectivity index (χ2v) is 7.63. The molecule has 0 saturated carbocycles. The molecule has 1 aliphatic rings. The lowest BCUT2D eigenvalue weighted by Gasteiger charge is -2.62. The maximum Gasteiger partial charge on any atom is 0.194 e. The molecule has 0 aliphatic carbocycles. The van der Waals surface area contributed by atoms with E-state index in [2.05, 4.69) is 61.9 Å². The Morgan fingerprint density at radius 3 is 2.30 bits per heavy atom. The van der Waals surface area contributed by atoms with Crippen LogP contribution in [0.4, 0.5) is 0 Å². The zero-order valence-corrected chi connectivity index (χ0v) is 16.1. The van der Waals surface area contributed by atoms with Crippen LogP contribution in [0.2, 0.25) is 0 Å². The summed E-state index contributed by atoms with van der Waals surface area (Å²) >= 11 is 0. The number of aryl methyl sites for hydroxylation is 2. The van der Waals surface area contributed by atoms with E-state index in [0.717, 1.165) is 31.9 Å². The highest BCUT2D eigenvalue weighted by Gasteiger charge is 2.53. The van der Waals surface area contributed by atoms with Crippen LogP contribution in [0.3, 0.4) is 0 Å². The molecule has 0 spiro atoms. The van der Waals surface area contributed by atoms with Crippen molar-refractivity contribution in [3.63, 3.8) is 0 Å². The van der Waals surface area contributed by atoms with Gasteiger partial charge in [0.1, 0.15) is 0 Å². The first-order chi connectivity index (χ1) is 10.7. The molecular formula is C18H33N5. The molecule has 5 nitrogen and oxygen atoms in total. The molecule has 0 bridgehead atoms. The number of nitrogens with zero attached hydrogens (tertiary/aromatic N) is 4. The van der Waals surface area contributed by atoms with Crippen LogP contribution in [0.25, 0.3) is 0 Å². The van der Waals surface area contributed by atoms with Crippen molar-refractivity contribution in [3.05, 3.63) is 17.0 Å². The average molecular weight is 319 g/mol. The Labute approximate surface area is 141 Å². The summed E-state index contributed by atoms with van der Waals surface area (Å²) in [5, 5.41) is 8.22. The summed E-state index contributed by atoms with van der Waals surface area (Å²) in [6, 6.07) is 0. The van der Waals surface area contributed by atoms with Crippen LogP contribution < -0.4 is 5.32 Å². The maximum atomic E-state index is 4.66. The van der Waals surface area contributed by atoms with E-state index in [1.165, 1.54) is 17.0 Å². The first kappa shape index (κ1) is 17.8. The largest absolute Gasteiger partial charge is 0.352 e. The summed E-state index contributed by atoms with van der Waals surface area (Å²) in [4.78, 5) is 6.88. The fraction of sp³-hybridized carbons (Fsp3) is 0.778. The fourth-order valence-corrected chi connectivity index (χ4v) is 3.46. The number of rotatable bonds is 4. The standard InChI is InChI=1S/C18H33N5/c1-9-14-13(15(10-2)22(8)21-14)11-20-16(19-7)23-12-17(3,4)18(23,5)6/h9-12H2,1-8H3,(H,19,20). The molecule has 0 aromatic carbocycles. The van der Waals surface area contributed by atoms with E-state index in [4.69, 9.17) is 0 Å². The fourth-order valence-electron chi connectivity index (χ4n) is 3.46. The SMILES string of the molecule is CCc1nn(C)c(CC)c1CNC(=NC)N1CC(C)(C)C1(C)C. The second-order valence-electron chi connectivity index (χ2n) is 7.63. The van der Waals surface area contributed by atoms with Crippen LogP contribution in [-0.4, -0.2) is 39.8 Å². The van der Waals surface area contributed by atoms with Crippen molar-refractivity contribution in [2.45, 2.75) is 66.5 Å². The van der Waals surface area contributed by atoms with Crippen LogP contribution in [-0.2, 0) is 26.4 Å². The second kappa shape index (κ2) is 6.17. The Hall–Kier alpha value is -1.52. The van der Waals surface area contributed by atoms with Crippen LogP contribution >= 0.6 is 0 Å². The van der Waals surface area contributed by atoms with Crippen molar-refractivity contribution in [3.8, 4) is 0 Å². The summed E-state index contributed by atoms with van der Waals surface area (Å²) in [7, 11) is 3.91. The molecule has 0 atom stereocenters. The number of aliphatic imine (C=N–C) groups is 1. The van der Waals surface area contributed by atoms with E-state index >= 15 is 0 Å². The number of guanidine groups is 1. The van der Waals surface area contributed by atoms with Gasteiger partial charge in [0.25, 0.3) is 0 Å². The monoisotopic (exact) mass is 319 g/mol. The summed E-state index contributed by atoms with van der Waals surface area (Å²) in [5.41, 5.74) is 4.26. The molecule has 1 aliphatic heterocycles. The van der Waals surface area contributed by atoms with Gasteiger partial charge < -0.3 is 10.2 Å². The van der Waals surface area contributed by atoms with Crippen LogP contribution in [0.5, 0.6) is 0 Å². The van der Waals surface area contributed by atoms with Crippen molar-refractivity contribution < 1.29 is 0 Å². The van der Waals surface area contributed by atoms with Gasteiger partial charge in [0.2, 0.25) is 0 Å². The quantitative estimate of drug-likeness (QED) is 0.685. The van der Waals surface area contributed by atoms with E-state index in [1.807, 2.05) is 18.8 Å². The highest BCUT2D eigenvalue weighted by Crippen LogP contribution is 2.46. The van der Waals surface area contributed by atoms with Crippen molar-refractivity contribution in [2.24, 2.45) is 17.5 Å². The average Bonchev–Trinajstić information content (AvgIpc) is 2.81. The van der Waals surface area contributed by atoms with E-state index in [1.54, 1.807) is 0 Å². The Morgan fingerprint density at radius 2 is 1.87 bits per heavy atom. The highest BCUT2D eigenvalue weighted by atomic mass is 15.4. The molecule has 0 unspecified atom stereocenters. The van der Waals surface area contributed by atoms with Crippen LogP contribution in [0.1, 0.15) is 58.5 Å². The van der Waals surface area contributed by atoms with Gasteiger partial charge in [0, 0.05) is 49.4 Å². The van der Waals surface area contributed by atoms with E-state index in [-0.39, 0.29) is 5.54 Å². The molecule has 0 amide bonds.